The molecule has 0 spiro atoms. The molecule has 0 bridgehead atoms. The van der Waals surface area contributed by atoms with Gasteiger partial charge in [-0.3, -0.25) is 0 Å². The number of ether oxygens (including phenoxy) is 2. The fourth-order valence-corrected chi connectivity index (χ4v) is 1.04. The molecule has 4 heteroatoms. The predicted molar refractivity (Wildman–Crippen MR) is 44.0 cm³/mol. The Morgan fingerprint density at radius 2 is 2.23 bits per heavy atom. The lowest BCUT2D eigenvalue weighted by Gasteiger charge is -1.97. The van der Waals surface area contributed by atoms with Gasteiger partial charge >= 0.3 is 0 Å². The molecule has 72 valence electrons. The molecular formula is C9H12O4. The summed E-state index contributed by atoms with van der Waals surface area (Å²) in [6.45, 7) is 1.81. The van der Waals surface area contributed by atoms with Crippen LogP contribution in [-0.4, -0.2) is 24.4 Å². The zero-order valence-electron chi connectivity index (χ0n) is 7.23. The smallest absolute Gasteiger partial charge is 0.129 e. The molecule has 1 saturated heterocycles. The van der Waals surface area contributed by atoms with Crippen molar-refractivity contribution in [3.05, 3.63) is 23.7 Å². The summed E-state index contributed by atoms with van der Waals surface area (Å²) in [6.07, 6.45) is 0.285. The molecule has 1 unspecified atom stereocenters. The predicted octanol–water partition coefficient (Wildman–Crippen LogP) is 0.687. The van der Waals surface area contributed by atoms with Gasteiger partial charge in [-0.05, 0) is 12.1 Å². The Hall–Kier alpha value is -0.840. The lowest BCUT2D eigenvalue weighted by molar-refractivity contribution is 0.0891. The van der Waals surface area contributed by atoms with Crippen molar-refractivity contribution in [2.45, 2.75) is 19.3 Å². The van der Waals surface area contributed by atoms with Gasteiger partial charge in [-0.15, -0.1) is 0 Å². The van der Waals surface area contributed by atoms with Gasteiger partial charge in [0.2, 0.25) is 0 Å². The summed E-state index contributed by atoms with van der Waals surface area (Å²) >= 11 is 0. The standard InChI is InChI=1S/C9H12O4/c10-3-7-1-2-8(13-7)4-11-5-9-6-12-9/h1-2,9-10H,3-6H2. The number of aliphatic hydroxyl groups is 1. The molecule has 1 atom stereocenters. The highest BCUT2D eigenvalue weighted by atomic mass is 16.6. The molecule has 1 aromatic rings. The Labute approximate surface area is 76.1 Å². The van der Waals surface area contributed by atoms with Crippen molar-refractivity contribution in [2.75, 3.05) is 13.2 Å². The van der Waals surface area contributed by atoms with Crippen LogP contribution in [0.2, 0.25) is 0 Å². The molecule has 1 fully saturated rings. The molecule has 1 aliphatic rings. The van der Waals surface area contributed by atoms with Crippen LogP contribution in [0.3, 0.4) is 0 Å². The van der Waals surface area contributed by atoms with Crippen molar-refractivity contribution in [2.24, 2.45) is 0 Å². The lowest BCUT2D eigenvalue weighted by Crippen LogP contribution is -2.00. The summed E-state index contributed by atoms with van der Waals surface area (Å²) in [4.78, 5) is 0. The van der Waals surface area contributed by atoms with Gasteiger partial charge in [-0.25, -0.2) is 0 Å². The van der Waals surface area contributed by atoms with Crippen LogP contribution in [0.4, 0.5) is 0 Å². The van der Waals surface area contributed by atoms with Crippen LogP contribution < -0.4 is 0 Å². The lowest BCUT2D eigenvalue weighted by atomic mass is 10.4. The maximum Gasteiger partial charge on any atom is 0.129 e. The first-order valence-corrected chi connectivity index (χ1v) is 4.26. The molecule has 0 aliphatic carbocycles. The third-order valence-electron chi connectivity index (χ3n) is 1.82. The third kappa shape index (κ3) is 2.55. The summed E-state index contributed by atoms with van der Waals surface area (Å²) in [5.74, 6) is 1.31. The number of furan rings is 1. The second-order valence-electron chi connectivity index (χ2n) is 3.00. The first-order chi connectivity index (χ1) is 6.38. The Morgan fingerprint density at radius 3 is 2.85 bits per heavy atom. The Kier molecular flexibility index (Phi) is 2.63. The Morgan fingerprint density at radius 1 is 1.46 bits per heavy atom. The van der Waals surface area contributed by atoms with Crippen molar-refractivity contribution in [1.82, 2.24) is 0 Å². The van der Waals surface area contributed by atoms with Crippen LogP contribution in [-0.2, 0) is 22.7 Å². The van der Waals surface area contributed by atoms with Crippen LogP contribution >= 0.6 is 0 Å². The number of hydrogen-bond donors (Lipinski definition) is 1. The molecule has 0 radical (unpaired) electrons. The number of hydrogen-bond acceptors (Lipinski definition) is 4. The molecule has 0 amide bonds. The first-order valence-electron chi connectivity index (χ1n) is 4.26. The SMILES string of the molecule is OCc1ccc(COCC2CO2)o1. The molecule has 13 heavy (non-hydrogen) atoms. The molecule has 2 rings (SSSR count). The van der Waals surface area contributed by atoms with E-state index in [2.05, 4.69) is 0 Å². The van der Waals surface area contributed by atoms with E-state index in [9.17, 15) is 0 Å². The van der Waals surface area contributed by atoms with E-state index in [0.717, 1.165) is 12.4 Å². The molecule has 0 aromatic carbocycles. The average Bonchev–Trinajstić information content (AvgIpc) is 2.84. The minimum Gasteiger partial charge on any atom is -0.461 e. The largest absolute Gasteiger partial charge is 0.461 e. The monoisotopic (exact) mass is 184 g/mol. The highest BCUT2D eigenvalue weighted by molar-refractivity contribution is 5.05. The summed E-state index contributed by atoms with van der Waals surface area (Å²) < 4.78 is 15.5. The fraction of sp³-hybridized carbons (Fsp3) is 0.556. The van der Waals surface area contributed by atoms with Crippen molar-refractivity contribution in [3.8, 4) is 0 Å². The van der Waals surface area contributed by atoms with Crippen molar-refractivity contribution in [1.29, 1.82) is 0 Å². The third-order valence-corrected chi connectivity index (χ3v) is 1.82. The molecule has 1 N–H and O–H groups in total. The molecule has 4 nitrogen and oxygen atoms in total. The molecule has 0 saturated carbocycles. The maximum absolute atomic E-state index is 8.72. The van der Waals surface area contributed by atoms with Gasteiger partial charge in [0.15, 0.2) is 0 Å². The van der Waals surface area contributed by atoms with E-state index in [0.29, 0.717) is 19.0 Å². The number of aliphatic hydroxyl groups excluding tert-OH is 1. The van der Waals surface area contributed by atoms with Gasteiger partial charge in [-0.2, -0.15) is 0 Å². The summed E-state index contributed by atoms with van der Waals surface area (Å²) in [5.41, 5.74) is 0. The van der Waals surface area contributed by atoms with E-state index < -0.39 is 0 Å². The second kappa shape index (κ2) is 3.91. The highest BCUT2D eigenvalue weighted by Crippen LogP contribution is 2.12. The normalized spacial score (nSPS) is 20.5. The molecular weight excluding hydrogens is 172 g/mol. The van der Waals surface area contributed by atoms with E-state index in [1.807, 2.05) is 0 Å². The molecule has 2 heterocycles. The van der Waals surface area contributed by atoms with E-state index >= 15 is 0 Å². The van der Waals surface area contributed by atoms with E-state index in [-0.39, 0.29) is 12.7 Å². The fourth-order valence-electron chi connectivity index (χ4n) is 1.04. The van der Waals surface area contributed by atoms with Crippen LogP contribution in [0.5, 0.6) is 0 Å². The highest BCUT2D eigenvalue weighted by Gasteiger charge is 2.22. The van der Waals surface area contributed by atoms with E-state index in [1.165, 1.54) is 0 Å². The zero-order chi connectivity index (χ0) is 9.10. The average molecular weight is 184 g/mol. The van der Waals surface area contributed by atoms with Crippen molar-refractivity contribution >= 4 is 0 Å². The Balaban J connectivity index is 1.72. The van der Waals surface area contributed by atoms with Gasteiger partial charge in [0.05, 0.1) is 13.2 Å². The van der Waals surface area contributed by atoms with Gasteiger partial charge in [-0.1, -0.05) is 0 Å². The number of rotatable bonds is 5. The maximum atomic E-state index is 8.72. The summed E-state index contributed by atoms with van der Waals surface area (Å²) in [5, 5.41) is 8.72. The Bertz CT molecular complexity index is 264. The summed E-state index contributed by atoms with van der Waals surface area (Å²) in [7, 11) is 0. The summed E-state index contributed by atoms with van der Waals surface area (Å²) in [6, 6.07) is 3.55. The minimum absolute atomic E-state index is 0.0638. The van der Waals surface area contributed by atoms with Crippen LogP contribution in [0.1, 0.15) is 11.5 Å². The van der Waals surface area contributed by atoms with E-state index in [1.54, 1.807) is 12.1 Å². The van der Waals surface area contributed by atoms with E-state index in [4.69, 9.17) is 19.0 Å². The molecule has 1 aliphatic heterocycles. The van der Waals surface area contributed by atoms with Crippen LogP contribution in [0, 0.1) is 0 Å². The zero-order valence-corrected chi connectivity index (χ0v) is 7.23. The van der Waals surface area contributed by atoms with Gasteiger partial charge in [0.25, 0.3) is 0 Å². The second-order valence-corrected chi connectivity index (χ2v) is 3.00. The minimum atomic E-state index is -0.0638. The van der Waals surface area contributed by atoms with Gasteiger partial charge < -0.3 is 19.0 Å². The van der Waals surface area contributed by atoms with Gasteiger partial charge in [0, 0.05) is 0 Å². The quantitative estimate of drug-likeness (QED) is 0.684. The topological polar surface area (TPSA) is 55.1 Å². The first kappa shape index (κ1) is 8.74. The van der Waals surface area contributed by atoms with Crippen molar-refractivity contribution in [3.63, 3.8) is 0 Å². The van der Waals surface area contributed by atoms with Crippen molar-refractivity contribution < 1.29 is 19.0 Å². The molecule has 1 aromatic heterocycles. The van der Waals surface area contributed by atoms with Crippen LogP contribution in [0.25, 0.3) is 0 Å². The number of epoxide rings is 1. The van der Waals surface area contributed by atoms with Crippen LogP contribution in [0.15, 0.2) is 16.5 Å². The van der Waals surface area contributed by atoms with Gasteiger partial charge in [0.1, 0.15) is 30.8 Å².